The molecule has 3 aromatic rings. The summed E-state index contributed by atoms with van der Waals surface area (Å²) in [6.07, 6.45) is 3.08. The number of benzene rings is 1. The van der Waals surface area contributed by atoms with E-state index < -0.39 is 23.5 Å². The van der Waals surface area contributed by atoms with E-state index in [1.54, 1.807) is 4.57 Å². The quantitative estimate of drug-likeness (QED) is 0.582. The first-order valence-electron chi connectivity index (χ1n) is 6.70. The van der Waals surface area contributed by atoms with Gasteiger partial charge in [-0.25, -0.2) is 18.2 Å². The van der Waals surface area contributed by atoms with Gasteiger partial charge < -0.3 is 8.98 Å². The molecule has 0 aliphatic rings. The van der Waals surface area contributed by atoms with Crippen LogP contribution in [-0.4, -0.2) is 19.7 Å². The van der Waals surface area contributed by atoms with Crippen LogP contribution in [0, 0.1) is 17.5 Å². The fourth-order valence-corrected chi connectivity index (χ4v) is 2.74. The summed E-state index contributed by atoms with van der Waals surface area (Å²) in [7, 11) is 0. The van der Waals surface area contributed by atoms with Gasteiger partial charge in [0.2, 0.25) is 6.39 Å². The topological polar surface area (TPSA) is 56.7 Å². The minimum Gasteiger partial charge on any atom is -0.422 e. The van der Waals surface area contributed by atoms with Crippen molar-refractivity contribution in [3.8, 4) is 11.6 Å². The third-order valence-corrected chi connectivity index (χ3v) is 3.78. The van der Waals surface area contributed by atoms with Crippen molar-refractivity contribution in [2.24, 2.45) is 0 Å². The first-order chi connectivity index (χ1) is 11.0. The Labute approximate surface area is 134 Å². The van der Waals surface area contributed by atoms with Crippen LogP contribution >= 0.6 is 12.6 Å². The van der Waals surface area contributed by atoms with E-state index in [9.17, 15) is 13.2 Å². The highest BCUT2D eigenvalue weighted by Gasteiger charge is 2.23. The first kappa shape index (κ1) is 15.6. The maximum Gasteiger partial charge on any atom is 0.265 e. The third-order valence-electron chi connectivity index (χ3n) is 3.45. The Morgan fingerprint density at radius 1 is 1.26 bits per heavy atom. The van der Waals surface area contributed by atoms with Gasteiger partial charge in [0, 0.05) is 0 Å². The second-order valence-electron chi connectivity index (χ2n) is 4.78. The Bertz CT molecular complexity index is 812. The molecule has 9 heteroatoms. The molecule has 0 spiro atoms. The number of halogens is 3. The van der Waals surface area contributed by atoms with Crippen LogP contribution < -0.4 is 0 Å². The Kier molecular flexibility index (Phi) is 4.12. The fraction of sp³-hybridized carbons (Fsp3) is 0.214. The molecule has 0 aliphatic heterocycles. The summed E-state index contributed by atoms with van der Waals surface area (Å²) in [5.41, 5.74) is 0.697. The molecule has 0 saturated heterocycles. The van der Waals surface area contributed by atoms with E-state index in [2.05, 4.69) is 27.8 Å². The number of hydrogen-bond acceptors (Lipinski definition) is 5. The van der Waals surface area contributed by atoms with Crippen molar-refractivity contribution in [1.29, 1.82) is 0 Å². The number of imidazole rings is 1. The van der Waals surface area contributed by atoms with E-state index >= 15 is 0 Å². The molecule has 0 radical (unpaired) electrons. The fourth-order valence-electron chi connectivity index (χ4n) is 2.44. The molecule has 23 heavy (non-hydrogen) atoms. The van der Waals surface area contributed by atoms with E-state index in [1.807, 2.05) is 6.92 Å². The van der Waals surface area contributed by atoms with Crippen molar-refractivity contribution in [3.05, 3.63) is 47.7 Å². The second kappa shape index (κ2) is 6.07. The molecule has 0 saturated carbocycles. The van der Waals surface area contributed by atoms with Crippen molar-refractivity contribution < 1.29 is 17.6 Å². The van der Waals surface area contributed by atoms with Gasteiger partial charge in [-0.1, -0.05) is 6.92 Å². The molecule has 1 aromatic carbocycles. The molecule has 2 heterocycles. The van der Waals surface area contributed by atoms with Gasteiger partial charge >= 0.3 is 0 Å². The molecule has 0 bridgehead atoms. The van der Waals surface area contributed by atoms with E-state index in [4.69, 9.17) is 4.42 Å². The van der Waals surface area contributed by atoms with Crippen molar-refractivity contribution in [2.75, 3.05) is 0 Å². The average Bonchev–Trinajstić information content (AvgIpc) is 3.16. The van der Waals surface area contributed by atoms with Crippen LogP contribution in [0.15, 0.2) is 34.3 Å². The molecule has 1 unspecified atom stereocenters. The maximum absolute atomic E-state index is 13.6. The van der Waals surface area contributed by atoms with Gasteiger partial charge in [-0.05, 0) is 24.1 Å². The lowest BCUT2D eigenvalue weighted by atomic mass is 10.0. The second-order valence-corrected chi connectivity index (χ2v) is 5.18. The molecule has 0 amide bonds. The van der Waals surface area contributed by atoms with E-state index in [0.29, 0.717) is 17.3 Å². The summed E-state index contributed by atoms with van der Waals surface area (Å²) in [6.45, 7) is 1.81. The largest absolute Gasteiger partial charge is 0.422 e. The van der Waals surface area contributed by atoms with Crippen molar-refractivity contribution >= 4 is 12.6 Å². The SMILES string of the molecule is CCC(c1cc(F)c(F)c(F)c1)n1c(-c2nnco2)cnc1S. The molecule has 0 N–H and O–H groups in total. The van der Waals surface area contributed by atoms with Gasteiger partial charge in [0.25, 0.3) is 5.89 Å². The van der Waals surface area contributed by atoms with E-state index in [0.717, 1.165) is 18.5 Å². The Balaban J connectivity index is 2.14. The average molecular weight is 340 g/mol. The molecular formula is C14H11F3N4OS. The van der Waals surface area contributed by atoms with Gasteiger partial charge in [0.1, 0.15) is 5.69 Å². The number of thiol groups is 1. The van der Waals surface area contributed by atoms with Crippen molar-refractivity contribution in [2.45, 2.75) is 24.5 Å². The van der Waals surface area contributed by atoms with E-state index in [1.165, 1.54) is 6.20 Å². The molecule has 0 fully saturated rings. The minimum absolute atomic E-state index is 0.194. The van der Waals surface area contributed by atoms with Crippen LogP contribution in [0.25, 0.3) is 11.6 Å². The number of nitrogens with zero attached hydrogens (tertiary/aromatic N) is 4. The van der Waals surface area contributed by atoms with Gasteiger partial charge in [0.05, 0.1) is 12.2 Å². The number of aromatic nitrogens is 4. The summed E-state index contributed by atoms with van der Waals surface area (Å²) < 4.78 is 47.0. The highest BCUT2D eigenvalue weighted by molar-refractivity contribution is 7.80. The van der Waals surface area contributed by atoms with Crippen LogP contribution in [0.5, 0.6) is 0 Å². The van der Waals surface area contributed by atoms with Crippen LogP contribution in [0.4, 0.5) is 13.2 Å². The summed E-state index contributed by atoms with van der Waals surface area (Å²) in [5.74, 6) is -3.81. The molecule has 3 rings (SSSR count). The number of rotatable bonds is 4. The normalized spacial score (nSPS) is 12.6. The predicted octanol–water partition coefficient (Wildman–Crippen LogP) is 3.64. The predicted molar refractivity (Wildman–Crippen MR) is 77.5 cm³/mol. The molecule has 1 atom stereocenters. The van der Waals surface area contributed by atoms with Crippen LogP contribution in [0.3, 0.4) is 0 Å². The van der Waals surface area contributed by atoms with Crippen molar-refractivity contribution in [1.82, 2.24) is 19.7 Å². The third kappa shape index (κ3) is 2.72. The summed E-state index contributed by atoms with van der Waals surface area (Å²) in [6, 6.07) is 1.38. The lowest BCUT2D eigenvalue weighted by Gasteiger charge is -2.20. The van der Waals surface area contributed by atoms with E-state index in [-0.39, 0.29) is 11.5 Å². The smallest absolute Gasteiger partial charge is 0.265 e. The van der Waals surface area contributed by atoms with Gasteiger partial charge in [-0.2, -0.15) is 0 Å². The maximum atomic E-state index is 13.6. The Hall–Kier alpha value is -2.29. The van der Waals surface area contributed by atoms with Crippen LogP contribution in [0.2, 0.25) is 0 Å². The summed E-state index contributed by atoms with van der Waals surface area (Å²) >= 11 is 4.27. The molecule has 0 aliphatic carbocycles. The first-order valence-corrected chi connectivity index (χ1v) is 7.14. The standard InChI is InChI=1S/C14H11F3N4OS/c1-2-10(7-3-8(15)12(17)9(16)4-7)21-11(5-18-14(21)23)13-20-19-6-22-13/h3-6,10H,2H2,1H3,(H,18,23). The zero-order chi connectivity index (χ0) is 16.6. The summed E-state index contributed by atoms with van der Waals surface area (Å²) in [5, 5.41) is 7.70. The molecule has 5 nitrogen and oxygen atoms in total. The van der Waals surface area contributed by atoms with Crippen LogP contribution in [-0.2, 0) is 0 Å². The molecule has 120 valence electrons. The zero-order valence-electron chi connectivity index (χ0n) is 11.9. The summed E-state index contributed by atoms with van der Waals surface area (Å²) in [4.78, 5) is 4.07. The monoisotopic (exact) mass is 340 g/mol. The zero-order valence-corrected chi connectivity index (χ0v) is 12.8. The van der Waals surface area contributed by atoms with Gasteiger partial charge in [-0.3, -0.25) is 0 Å². The van der Waals surface area contributed by atoms with Gasteiger partial charge in [-0.15, -0.1) is 22.8 Å². The van der Waals surface area contributed by atoms with Crippen LogP contribution in [0.1, 0.15) is 24.9 Å². The number of hydrogen-bond donors (Lipinski definition) is 1. The van der Waals surface area contributed by atoms with Crippen molar-refractivity contribution in [3.63, 3.8) is 0 Å². The minimum atomic E-state index is -1.50. The lowest BCUT2D eigenvalue weighted by molar-refractivity contribution is 0.437. The Morgan fingerprint density at radius 2 is 1.96 bits per heavy atom. The Morgan fingerprint density at radius 3 is 2.52 bits per heavy atom. The van der Waals surface area contributed by atoms with Gasteiger partial charge in [0.15, 0.2) is 22.6 Å². The lowest BCUT2D eigenvalue weighted by Crippen LogP contribution is -2.13. The molecular weight excluding hydrogens is 329 g/mol. The highest BCUT2D eigenvalue weighted by atomic mass is 32.1. The highest BCUT2D eigenvalue weighted by Crippen LogP contribution is 2.32. The molecule has 2 aromatic heterocycles.